The molecule has 160 valence electrons. The molecule has 2 heterocycles. The number of aromatic nitrogens is 3. The monoisotopic (exact) mass is 435 g/mol. The van der Waals surface area contributed by atoms with Crippen LogP contribution in [-0.2, 0) is 11.0 Å². The van der Waals surface area contributed by atoms with Crippen molar-refractivity contribution in [2.45, 2.75) is 19.0 Å². The van der Waals surface area contributed by atoms with Gasteiger partial charge in [-0.3, -0.25) is 4.79 Å². The first-order chi connectivity index (χ1) is 15.3. The van der Waals surface area contributed by atoms with E-state index in [-0.39, 0.29) is 5.91 Å². The van der Waals surface area contributed by atoms with Gasteiger partial charge in [-0.05, 0) is 54.8 Å². The smallest absolute Gasteiger partial charge is 0.359 e. The third-order valence-corrected chi connectivity index (χ3v) is 5.70. The number of carbonyl (C=O) groups is 1. The third kappa shape index (κ3) is 3.39. The predicted octanol–water partition coefficient (Wildman–Crippen LogP) is 5.28. The number of anilines is 1. The molecule has 0 radical (unpaired) electrons. The van der Waals surface area contributed by atoms with Gasteiger partial charge in [0.1, 0.15) is 5.41 Å². The summed E-state index contributed by atoms with van der Waals surface area (Å²) in [7, 11) is 0. The van der Waals surface area contributed by atoms with Gasteiger partial charge in [-0.2, -0.15) is 23.5 Å². The number of hydrogen-bond acceptors (Lipinski definition) is 3. The second kappa shape index (κ2) is 6.99. The highest BCUT2D eigenvalue weighted by molar-refractivity contribution is 6.06. The first kappa shape index (κ1) is 19.9. The molecule has 1 fully saturated rings. The largest absolute Gasteiger partial charge is 0.416 e. The first-order valence-corrected chi connectivity index (χ1v) is 9.86. The molecule has 0 unspecified atom stereocenters. The summed E-state index contributed by atoms with van der Waals surface area (Å²) < 4.78 is 39.8. The van der Waals surface area contributed by atoms with E-state index < -0.39 is 17.2 Å². The number of nitriles is 1. The molecule has 0 bridgehead atoms. The van der Waals surface area contributed by atoms with E-state index in [2.05, 4.69) is 21.5 Å². The SMILES string of the molecule is N#CC1(C(=O)Nc2c[nH]c3ccc(-c4cnn(-c5ccc(C(F)(F)F)cc5)c4)cc23)CC1. The number of rotatable bonds is 4. The molecule has 0 atom stereocenters. The summed E-state index contributed by atoms with van der Waals surface area (Å²) in [6.45, 7) is 0. The number of nitrogens with one attached hydrogen (secondary N) is 2. The average Bonchev–Trinajstić information content (AvgIpc) is 3.26. The second-order valence-corrected chi connectivity index (χ2v) is 7.83. The van der Waals surface area contributed by atoms with Crippen LogP contribution < -0.4 is 5.32 Å². The van der Waals surface area contributed by atoms with Gasteiger partial charge in [0.15, 0.2) is 0 Å². The van der Waals surface area contributed by atoms with E-state index >= 15 is 0 Å². The van der Waals surface area contributed by atoms with Gasteiger partial charge in [-0.25, -0.2) is 4.68 Å². The molecule has 0 aliphatic heterocycles. The Morgan fingerprint density at radius 1 is 1.16 bits per heavy atom. The highest BCUT2D eigenvalue weighted by Crippen LogP contribution is 2.46. The van der Waals surface area contributed by atoms with E-state index in [0.29, 0.717) is 24.2 Å². The van der Waals surface area contributed by atoms with Crippen LogP contribution in [0.4, 0.5) is 18.9 Å². The lowest BCUT2D eigenvalue weighted by Gasteiger charge is -2.08. The van der Waals surface area contributed by atoms with Gasteiger partial charge in [-0.15, -0.1) is 0 Å². The quantitative estimate of drug-likeness (QED) is 0.457. The Morgan fingerprint density at radius 2 is 1.91 bits per heavy atom. The van der Waals surface area contributed by atoms with Crippen molar-refractivity contribution in [1.82, 2.24) is 14.8 Å². The van der Waals surface area contributed by atoms with Gasteiger partial charge < -0.3 is 10.3 Å². The number of amides is 1. The van der Waals surface area contributed by atoms with Crippen molar-refractivity contribution in [2.24, 2.45) is 5.41 Å². The van der Waals surface area contributed by atoms with Crippen LogP contribution in [0.5, 0.6) is 0 Å². The molecule has 32 heavy (non-hydrogen) atoms. The van der Waals surface area contributed by atoms with Crippen LogP contribution >= 0.6 is 0 Å². The molecule has 0 saturated heterocycles. The average molecular weight is 435 g/mol. The zero-order valence-corrected chi connectivity index (χ0v) is 16.6. The lowest BCUT2D eigenvalue weighted by Crippen LogP contribution is -2.22. The zero-order valence-electron chi connectivity index (χ0n) is 16.6. The molecule has 1 saturated carbocycles. The highest BCUT2D eigenvalue weighted by atomic mass is 19.4. The van der Waals surface area contributed by atoms with E-state index in [9.17, 15) is 23.2 Å². The molecule has 1 aliphatic rings. The van der Waals surface area contributed by atoms with Gasteiger partial charge in [0.25, 0.3) is 0 Å². The number of H-pyrrole nitrogens is 1. The Bertz CT molecular complexity index is 1370. The molecule has 6 nitrogen and oxygen atoms in total. The number of carbonyl (C=O) groups excluding carboxylic acids is 1. The Balaban J connectivity index is 1.43. The van der Waals surface area contributed by atoms with Crippen molar-refractivity contribution in [3.63, 3.8) is 0 Å². The number of hydrogen-bond donors (Lipinski definition) is 2. The summed E-state index contributed by atoms with van der Waals surface area (Å²) in [5.41, 5.74) is 1.86. The molecular weight excluding hydrogens is 419 g/mol. The van der Waals surface area contributed by atoms with Gasteiger partial charge in [0.2, 0.25) is 5.91 Å². The molecule has 5 rings (SSSR count). The lowest BCUT2D eigenvalue weighted by atomic mass is 10.1. The fourth-order valence-electron chi connectivity index (χ4n) is 3.58. The predicted molar refractivity (Wildman–Crippen MR) is 112 cm³/mol. The number of nitrogens with zero attached hydrogens (tertiary/aromatic N) is 3. The maximum absolute atomic E-state index is 12.8. The minimum atomic E-state index is -4.39. The van der Waals surface area contributed by atoms with Crippen molar-refractivity contribution < 1.29 is 18.0 Å². The molecule has 0 spiro atoms. The lowest BCUT2D eigenvalue weighted by molar-refractivity contribution is -0.137. The van der Waals surface area contributed by atoms with Gasteiger partial charge in [0.05, 0.1) is 29.2 Å². The molecule has 1 amide bonds. The molecule has 9 heteroatoms. The Kier molecular flexibility index (Phi) is 4.34. The number of fused-ring (bicyclic) bond motifs is 1. The van der Waals surface area contributed by atoms with Crippen molar-refractivity contribution in [2.75, 3.05) is 5.32 Å². The first-order valence-electron chi connectivity index (χ1n) is 9.86. The summed E-state index contributed by atoms with van der Waals surface area (Å²) >= 11 is 0. The van der Waals surface area contributed by atoms with Gasteiger partial charge in [0, 0.05) is 28.9 Å². The van der Waals surface area contributed by atoms with Crippen LogP contribution in [0.15, 0.2) is 61.1 Å². The van der Waals surface area contributed by atoms with Crippen LogP contribution in [0.2, 0.25) is 0 Å². The standard InChI is InChI=1S/C23H16F3N5O/c24-23(25,26)16-2-4-17(5-3-16)31-12-15(10-29-31)14-1-6-19-18(9-14)20(11-28-19)30-21(32)22(13-27)7-8-22/h1-6,9-12,28H,7-8H2,(H,30,32). The molecule has 2 aromatic carbocycles. The maximum Gasteiger partial charge on any atom is 0.416 e. The van der Waals surface area contributed by atoms with E-state index in [4.69, 9.17) is 0 Å². The summed E-state index contributed by atoms with van der Waals surface area (Å²) in [4.78, 5) is 15.5. The molecule has 2 aromatic heterocycles. The van der Waals surface area contributed by atoms with Crippen molar-refractivity contribution in [1.29, 1.82) is 5.26 Å². The normalized spacial score (nSPS) is 14.8. The van der Waals surface area contributed by atoms with Crippen molar-refractivity contribution >= 4 is 22.5 Å². The minimum absolute atomic E-state index is 0.304. The molecule has 4 aromatic rings. The van der Waals surface area contributed by atoms with Crippen molar-refractivity contribution in [3.05, 3.63) is 66.6 Å². The fraction of sp³-hybridized carbons (Fsp3) is 0.174. The van der Waals surface area contributed by atoms with E-state index in [1.807, 2.05) is 18.2 Å². The molecule has 2 N–H and O–H groups in total. The van der Waals surface area contributed by atoms with Gasteiger partial charge >= 0.3 is 6.18 Å². The number of alkyl halides is 3. The van der Waals surface area contributed by atoms with Crippen LogP contribution in [0.3, 0.4) is 0 Å². The highest BCUT2D eigenvalue weighted by Gasteiger charge is 2.50. The third-order valence-electron chi connectivity index (χ3n) is 5.70. The summed E-state index contributed by atoms with van der Waals surface area (Å²) in [5.74, 6) is -0.304. The summed E-state index contributed by atoms with van der Waals surface area (Å²) in [6.07, 6.45) is 1.77. The van der Waals surface area contributed by atoms with E-state index in [0.717, 1.165) is 34.2 Å². The van der Waals surface area contributed by atoms with E-state index in [1.165, 1.54) is 16.8 Å². The Morgan fingerprint density at radius 3 is 2.56 bits per heavy atom. The van der Waals surface area contributed by atoms with Crippen molar-refractivity contribution in [3.8, 4) is 22.9 Å². The van der Waals surface area contributed by atoms with Crippen LogP contribution in [0, 0.1) is 16.7 Å². The number of benzene rings is 2. The summed E-state index contributed by atoms with van der Waals surface area (Å²) in [5, 5.41) is 17.1. The topological polar surface area (TPSA) is 86.5 Å². The number of aromatic amines is 1. The molecular formula is C23H16F3N5O. The van der Waals surface area contributed by atoms with Crippen LogP contribution in [0.1, 0.15) is 18.4 Å². The minimum Gasteiger partial charge on any atom is -0.359 e. The van der Waals surface area contributed by atoms with E-state index in [1.54, 1.807) is 18.6 Å². The van der Waals surface area contributed by atoms with Crippen LogP contribution in [-0.4, -0.2) is 20.7 Å². The summed E-state index contributed by atoms with van der Waals surface area (Å²) in [6, 6.07) is 12.5. The second-order valence-electron chi connectivity index (χ2n) is 7.83. The Hall–Kier alpha value is -4.06. The maximum atomic E-state index is 12.8. The number of halogens is 3. The Labute approximate surface area is 180 Å². The van der Waals surface area contributed by atoms with Crippen LogP contribution in [0.25, 0.3) is 27.7 Å². The zero-order chi connectivity index (χ0) is 22.5. The fourth-order valence-corrected chi connectivity index (χ4v) is 3.58. The van der Waals surface area contributed by atoms with Gasteiger partial charge in [-0.1, -0.05) is 6.07 Å². The molecule has 1 aliphatic carbocycles.